The third-order valence-corrected chi connectivity index (χ3v) is 5.77. The molecule has 0 bridgehead atoms. The van der Waals surface area contributed by atoms with Crippen molar-refractivity contribution in [2.45, 2.75) is 26.9 Å². The lowest BCUT2D eigenvalue weighted by molar-refractivity contribution is -0.134. The van der Waals surface area contributed by atoms with Crippen LogP contribution >= 0.6 is 22.7 Å². The van der Waals surface area contributed by atoms with Crippen molar-refractivity contribution in [2.75, 3.05) is 6.61 Å². The molecule has 3 nitrogen and oxygen atoms in total. The summed E-state index contributed by atoms with van der Waals surface area (Å²) in [7, 11) is 0. The van der Waals surface area contributed by atoms with Crippen LogP contribution < -0.4 is 4.74 Å². The lowest BCUT2D eigenvalue weighted by atomic mass is 10.1. The van der Waals surface area contributed by atoms with E-state index < -0.39 is 0 Å². The van der Waals surface area contributed by atoms with E-state index in [-0.39, 0.29) is 12.5 Å². The van der Waals surface area contributed by atoms with Gasteiger partial charge in [-0.3, -0.25) is 4.79 Å². The summed E-state index contributed by atoms with van der Waals surface area (Å²) in [4.78, 5) is 16.9. The molecule has 0 fully saturated rings. The highest BCUT2D eigenvalue weighted by molar-refractivity contribution is 7.10. The zero-order valence-electron chi connectivity index (χ0n) is 14.4. The molecule has 5 heteroatoms. The van der Waals surface area contributed by atoms with Crippen LogP contribution in [0.2, 0.25) is 0 Å². The molecule has 0 aliphatic heterocycles. The van der Waals surface area contributed by atoms with Crippen LogP contribution in [0.4, 0.5) is 0 Å². The number of ether oxygens (including phenoxy) is 1. The molecular weight excluding hydrogens is 350 g/mol. The highest BCUT2D eigenvalue weighted by atomic mass is 32.1. The smallest absolute Gasteiger partial charge is 0.261 e. The number of hydrogen-bond donors (Lipinski definition) is 0. The molecule has 1 amide bonds. The third-order valence-electron chi connectivity index (χ3n) is 4.05. The summed E-state index contributed by atoms with van der Waals surface area (Å²) in [5.74, 6) is 0.740. The Morgan fingerprint density at radius 1 is 0.960 bits per heavy atom. The van der Waals surface area contributed by atoms with Crippen molar-refractivity contribution in [2.24, 2.45) is 0 Å². The van der Waals surface area contributed by atoms with Gasteiger partial charge in [0.1, 0.15) is 5.75 Å². The molecule has 0 saturated heterocycles. The molecule has 0 saturated carbocycles. The normalized spacial score (nSPS) is 10.6. The quantitative estimate of drug-likeness (QED) is 0.583. The first kappa shape index (κ1) is 17.7. The van der Waals surface area contributed by atoms with E-state index in [4.69, 9.17) is 4.74 Å². The number of nitrogens with zero attached hydrogens (tertiary/aromatic N) is 1. The number of thiophene rings is 2. The molecule has 1 aromatic carbocycles. The first-order valence-electron chi connectivity index (χ1n) is 8.14. The number of aryl methyl sites for hydroxylation is 2. The number of rotatable bonds is 7. The Balaban J connectivity index is 1.66. The van der Waals surface area contributed by atoms with Crippen molar-refractivity contribution >= 4 is 28.6 Å². The van der Waals surface area contributed by atoms with Gasteiger partial charge < -0.3 is 9.64 Å². The van der Waals surface area contributed by atoms with E-state index in [9.17, 15) is 4.79 Å². The molecule has 130 valence electrons. The Labute approximate surface area is 156 Å². The molecular formula is C20H21NO2S2. The van der Waals surface area contributed by atoms with Crippen LogP contribution in [0, 0.1) is 13.8 Å². The summed E-state index contributed by atoms with van der Waals surface area (Å²) in [6.07, 6.45) is 0. The van der Waals surface area contributed by atoms with Crippen molar-refractivity contribution in [3.05, 3.63) is 74.1 Å². The zero-order valence-corrected chi connectivity index (χ0v) is 16.0. The highest BCUT2D eigenvalue weighted by Gasteiger charge is 2.16. The maximum Gasteiger partial charge on any atom is 0.261 e. The molecule has 3 aromatic rings. The van der Waals surface area contributed by atoms with Crippen molar-refractivity contribution in [1.29, 1.82) is 0 Å². The van der Waals surface area contributed by atoms with Gasteiger partial charge in [-0.1, -0.05) is 18.2 Å². The van der Waals surface area contributed by atoms with Crippen LogP contribution in [-0.2, 0) is 17.9 Å². The summed E-state index contributed by atoms with van der Waals surface area (Å²) in [5.41, 5.74) is 2.38. The Morgan fingerprint density at radius 3 is 2.12 bits per heavy atom. The molecule has 0 spiro atoms. The monoisotopic (exact) mass is 371 g/mol. The molecule has 0 unspecified atom stereocenters. The fraction of sp³-hybridized carbons (Fsp3) is 0.250. The average molecular weight is 372 g/mol. The molecule has 0 aliphatic rings. The largest absolute Gasteiger partial charge is 0.484 e. The van der Waals surface area contributed by atoms with Gasteiger partial charge in [-0.25, -0.2) is 0 Å². The van der Waals surface area contributed by atoms with E-state index in [0.29, 0.717) is 13.1 Å². The van der Waals surface area contributed by atoms with Crippen molar-refractivity contribution in [3.63, 3.8) is 0 Å². The molecule has 0 radical (unpaired) electrons. The van der Waals surface area contributed by atoms with Gasteiger partial charge >= 0.3 is 0 Å². The van der Waals surface area contributed by atoms with E-state index in [0.717, 1.165) is 5.75 Å². The van der Waals surface area contributed by atoms with Gasteiger partial charge in [-0.15, -0.1) is 22.7 Å². The lowest BCUT2D eigenvalue weighted by Crippen LogP contribution is -2.33. The lowest BCUT2D eigenvalue weighted by Gasteiger charge is -2.22. The number of benzene rings is 1. The molecule has 0 N–H and O–H groups in total. The van der Waals surface area contributed by atoms with Gasteiger partial charge in [-0.2, -0.15) is 0 Å². The molecule has 25 heavy (non-hydrogen) atoms. The fourth-order valence-corrected chi connectivity index (χ4v) is 3.89. The summed E-state index contributed by atoms with van der Waals surface area (Å²) in [6, 6.07) is 14.1. The minimum absolute atomic E-state index is 0.0000260. The second-order valence-corrected chi connectivity index (χ2v) is 8.01. The Bertz CT molecular complexity index is 774. The minimum atomic E-state index is 0.0000260. The highest BCUT2D eigenvalue weighted by Crippen LogP contribution is 2.19. The van der Waals surface area contributed by atoms with E-state index in [1.165, 1.54) is 20.9 Å². The van der Waals surface area contributed by atoms with Crippen molar-refractivity contribution in [1.82, 2.24) is 4.90 Å². The Morgan fingerprint density at radius 2 is 1.60 bits per heavy atom. The predicted octanol–water partition coefficient (Wildman–Crippen LogP) is 5.03. The SMILES string of the molecule is Cc1ccc(OCC(=O)N(Cc2cccs2)Cc2cccs2)cc1C. The molecule has 2 heterocycles. The summed E-state index contributed by atoms with van der Waals surface area (Å²) < 4.78 is 5.74. The van der Waals surface area contributed by atoms with Crippen LogP contribution in [-0.4, -0.2) is 17.4 Å². The van der Waals surface area contributed by atoms with E-state index >= 15 is 0 Å². The summed E-state index contributed by atoms with van der Waals surface area (Å²) in [5, 5.41) is 4.07. The second kappa shape index (κ2) is 8.32. The maximum absolute atomic E-state index is 12.7. The predicted molar refractivity (Wildman–Crippen MR) is 104 cm³/mol. The molecule has 3 rings (SSSR count). The van der Waals surface area contributed by atoms with Gasteiger partial charge in [0.05, 0.1) is 13.1 Å². The fourth-order valence-electron chi connectivity index (χ4n) is 2.45. The van der Waals surface area contributed by atoms with Crippen LogP contribution in [0.3, 0.4) is 0 Å². The first-order chi connectivity index (χ1) is 12.1. The number of hydrogen-bond acceptors (Lipinski definition) is 4. The number of carbonyl (C=O) groups excluding carboxylic acids is 1. The molecule has 0 atom stereocenters. The van der Waals surface area contributed by atoms with E-state index in [2.05, 4.69) is 19.1 Å². The standard InChI is InChI=1S/C20H21NO2S2/c1-15-7-8-17(11-16(15)2)23-14-20(22)21(12-18-5-3-9-24-18)13-19-6-4-10-25-19/h3-11H,12-14H2,1-2H3. The average Bonchev–Trinajstić information content (AvgIpc) is 3.29. The first-order valence-corrected chi connectivity index (χ1v) is 9.90. The van der Waals surface area contributed by atoms with Gasteiger partial charge in [0, 0.05) is 9.75 Å². The maximum atomic E-state index is 12.7. The van der Waals surface area contributed by atoms with Crippen LogP contribution in [0.5, 0.6) is 5.75 Å². The van der Waals surface area contributed by atoms with Crippen molar-refractivity contribution in [3.8, 4) is 5.75 Å². The Kier molecular flexibility index (Phi) is 5.89. The van der Waals surface area contributed by atoms with Gasteiger partial charge in [0.25, 0.3) is 5.91 Å². The van der Waals surface area contributed by atoms with Gasteiger partial charge in [-0.05, 0) is 60.0 Å². The van der Waals surface area contributed by atoms with Gasteiger partial charge in [0.2, 0.25) is 0 Å². The number of amides is 1. The summed E-state index contributed by atoms with van der Waals surface area (Å²) >= 11 is 3.34. The summed E-state index contributed by atoms with van der Waals surface area (Å²) in [6.45, 7) is 5.40. The molecule has 2 aromatic heterocycles. The minimum Gasteiger partial charge on any atom is -0.484 e. The van der Waals surface area contributed by atoms with E-state index in [1.54, 1.807) is 22.7 Å². The topological polar surface area (TPSA) is 29.5 Å². The van der Waals surface area contributed by atoms with Crippen LogP contribution in [0.25, 0.3) is 0 Å². The van der Waals surface area contributed by atoms with Gasteiger partial charge in [0.15, 0.2) is 6.61 Å². The van der Waals surface area contributed by atoms with Crippen molar-refractivity contribution < 1.29 is 9.53 Å². The van der Waals surface area contributed by atoms with Crippen LogP contribution in [0.15, 0.2) is 53.2 Å². The third kappa shape index (κ3) is 4.94. The number of carbonyl (C=O) groups is 1. The molecule has 0 aliphatic carbocycles. The second-order valence-electron chi connectivity index (χ2n) is 5.94. The Hall–Kier alpha value is -2.11. The van der Waals surface area contributed by atoms with Crippen LogP contribution in [0.1, 0.15) is 20.9 Å². The zero-order chi connectivity index (χ0) is 17.6. The van der Waals surface area contributed by atoms with E-state index in [1.807, 2.05) is 52.9 Å².